The van der Waals surface area contributed by atoms with Crippen molar-refractivity contribution in [3.8, 4) is 5.75 Å². The Hall–Kier alpha value is -2.94. The van der Waals surface area contributed by atoms with Crippen LogP contribution < -0.4 is 10.5 Å². The molecule has 0 spiro atoms. The van der Waals surface area contributed by atoms with Gasteiger partial charge in [0.15, 0.2) is 5.69 Å². The minimum atomic E-state index is -0.300. The highest BCUT2D eigenvalue weighted by Gasteiger charge is 2.32. The number of primary amides is 1. The molecule has 0 radical (unpaired) electrons. The van der Waals surface area contributed by atoms with Gasteiger partial charge in [-0.2, -0.15) is 0 Å². The van der Waals surface area contributed by atoms with E-state index in [0.717, 1.165) is 11.3 Å². The van der Waals surface area contributed by atoms with E-state index in [1.165, 1.54) is 0 Å². The normalized spacial score (nSPS) is 19.9. The number of rotatable bonds is 4. The monoisotopic (exact) mass is 385 g/mol. The van der Waals surface area contributed by atoms with Gasteiger partial charge in [-0.1, -0.05) is 17.3 Å². The molecule has 9 nitrogen and oxygen atoms in total. The zero-order chi connectivity index (χ0) is 19.7. The lowest BCUT2D eigenvalue weighted by molar-refractivity contribution is -0.123. The van der Waals surface area contributed by atoms with Crippen LogP contribution in [0.1, 0.15) is 40.7 Å². The van der Waals surface area contributed by atoms with Crippen molar-refractivity contribution in [2.75, 3.05) is 20.2 Å². The Morgan fingerprint density at radius 2 is 1.93 bits per heavy atom. The van der Waals surface area contributed by atoms with E-state index in [0.29, 0.717) is 43.9 Å². The summed E-state index contributed by atoms with van der Waals surface area (Å²) in [7, 11) is 1.63. The SMILES string of the molecule is COc1ccc([C@H]2Cn3nnc(C(=O)N4CCC(C(N)=O)CC4)c3CO2)cc1. The number of piperidine rings is 1. The van der Waals surface area contributed by atoms with E-state index in [4.69, 9.17) is 15.2 Å². The lowest BCUT2D eigenvalue weighted by atomic mass is 9.96. The Balaban J connectivity index is 1.45. The molecule has 28 heavy (non-hydrogen) atoms. The Morgan fingerprint density at radius 3 is 2.57 bits per heavy atom. The van der Waals surface area contributed by atoms with Crippen LogP contribution in [0.5, 0.6) is 5.75 Å². The number of carbonyl (C=O) groups is 2. The van der Waals surface area contributed by atoms with Gasteiger partial charge in [-0.05, 0) is 30.5 Å². The van der Waals surface area contributed by atoms with Gasteiger partial charge in [0.2, 0.25) is 5.91 Å². The summed E-state index contributed by atoms with van der Waals surface area (Å²) in [5.41, 5.74) is 7.39. The number of aromatic nitrogens is 3. The molecule has 1 aromatic carbocycles. The van der Waals surface area contributed by atoms with E-state index >= 15 is 0 Å². The Kier molecular flexibility index (Phi) is 4.99. The summed E-state index contributed by atoms with van der Waals surface area (Å²) in [5, 5.41) is 8.28. The highest BCUT2D eigenvalue weighted by atomic mass is 16.5. The zero-order valence-electron chi connectivity index (χ0n) is 15.7. The van der Waals surface area contributed by atoms with Gasteiger partial charge < -0.3 is 20.1 Å². The molecule has 0 bridgehead atoms. The number of likely N-dealkylation sites (tertiary alicyclic amines) is 1. The maximum atomic E-state index is 12.9. The summed E-state index contributed by atoms with van der Waals surface area (Å²) in [6.07, 6.45) is 1.01. The van der Waals surface area contributed by atoms with Gasteiger partial charge in [0.05, 0.1) is 26.0 Å². The zero-order valence-corrected chi connectivity index (χ0v) is 15.7. The van der Waals surface area contributed by atoms with Gasteiger partial charge in [0, 0.05) is 19.0 Å². The van der Waals surface area contributed by atoms with Crippen LogP contribution in [0.25, 0.3) is 0 Å². The van der Waals surface area contributed by atoms with Crippen LogP contribution in [0, 0.1) is 5.92 Å². The van der Waals surface area contributed by atoms with Crippen LogP contribution in [0.15, 0.2) is 24.3 Å². The second kappa shape index (κ2) is 7.59. The minimum absolute atomic E-state index is 0.158. The number of nitrogens with zero attached hydrogens (tertiary/aromatic N) is 4. The molecule has 2 aromatic rings. The largest absolute Gasteiger partial charge is 0.497 e. The van der Waals surface area contributed by atoms with Crippen LogP contribution in [0.2, 0.25) is 0 Å². The van der Waals surface area contributed by atoms with Gasteiger partial charge in [0.25, 0.3) is 5.91 Å². The molecule has 9 heteroatoms. The van der Waals surface area contributed by atoms with E-state index < -0.39 is 0 Å². The molecule has 1 atom stereocenters. The number of hydrogen-bond donors (Lipinski definition) is 1. The number of amides is 2. The number of hydrogen-bond acceptors (Lipinski definition) is 6. The molecule has 0 saturated carbocycles. The van der Waals surface area contributed by atoms with Crippen LogP contribution in [-0.4, -0.2) is 51.9 Å². The van der Waals surface area contributed by atoms with E-state index in [2.05, 4.69) is 10.3 Å². The van der Waals surface area contributed by atoms with Crippen LogP contribution in [0.3, 0.4) is 0 Å². The van der Waals surface area contributed by atoms with Crippen molar-refractivity contribution in [2.45, 2.75) is 32.1 Å². The van der Waals surface area contributed by atoms with Crippen molar-refractivity contribution in [2.24, 2.45) is 11.7 Å². The highest BCUT2D eigenvalue weighted by Crippen LogP contribution is 2.29. The Labute approximate surface area is 162 Å². The third-order valence-electron chi connectivity index (χ3n) is 5.47. The molecule has 0 aliphatic carbocycles. The topological polar surface area (TPSA) is 113 Å². The average molecular weight is 385 g/mol. The summed E-state index contributed by atoms with van der Waals surface area (Å²) in [6, 6.07) is 7.70. The molecule has 1 aromatic heterocycles. The smallest absolute Gasteiger partial charge is 0.276 e. The number of nitrogens with two attached hydrogens (primary N) is 1. The number of fused-ring (bicyclic) bond motifs is 1. The van der Waals surface area contributed by atoms with Crippen LogP contribution >= 0.6 is 0 Å². The second-order valence-corrected chi connectivity index (χ2v) is 7.11. The van der Waals surface area contributed by atoms with Crippen molar-refractivity contribution in [3.05, 3.63) is 41.2 Å². The van der Waals surface area contributed by atoms with Crippen molar-refractivity contribution in [3.63, 3.8) is 0 Å². The van der Waals surface area contributed by atoms with E-state index in [1.807, 2.05) is 24.3 Å². The van der Waals surface area contributed by atoms with Crippen molar-refractivity contribution >= 4 is 11.8 Å². The number of ether oxygens (including phenoxy) is 2. The predicted octanol–water partition coefficient (Wildman–Crippen LogP) is 0.896. The van der Waals surface area contributed by atoms with E-state index in [9.17, 15) is 9.59 Å². The van der Waals surface area contributed by atoms with Crippen molar-refractivity contribution < 1.29 is 19.1 Å². The maximum Gasteiger partial charge on any atom is 0.276 e. The van der Waals surface area contributed by atoms with Crippen LogP contribution in [-0.2, 0) is 22.7 Å². The Morgan fingerprint density at radius 1 is 1.21 bits per heavy atom. The van der Waals surface area contributed by atoms with Crippen molar-refractivity contribution in [1.29, 1.82) is 0 Å². The predicted molar refractivity (Wildman–Crippen MR) is 98.4 cm³/mol. The van der Waals surface area contributed by atoms with Gasteiger partial charge in [-0.15, -0.1) is 5.10 Å². The number of methoxy groups -OCH3 is 1. The molecule has 4 rings (SSSR count). The molecule has 0 unspecified atom stereocenters. The Bertz CT molecular complexity index is 871. The molecule has 3 heterocycles. The van der Waals surface area contributed by atoms with Crippen molar-refractivity contribution in [1.82, 2.24) is 19.9 Å². The average Bonchev–Trinajstić information content (AvgIpc) is 3.16. The first-order valence-corrected chi connectivity index (χ1v) is 9.33. The summed E-state index contributed by atoms with van der Waals surface area (Å²) >= 11 is 0. The molecular formula is C19H23N5O4. The fraction of sp³-hybridized carbons (Fsp3) is 0.474. The second-order valence-electron chi connectivity index (χ2n) is 7.11. The summed E-state index contributed by atoms with van der Waals surface area (Å²) in [5.74, 6) is 0.155. The summed E-state index contributed by atoms with van der Waals surface area (Å²) in [4.78, 5) is 25.9. The van der Waals surface area contributed by atoms with Gasteiger partial charge in [-0.25, -0.2) is 4.68 Å². The molecule has 2 N–H and O–H groups in total. The van der Waals surface area contributed by atoms with Gasteiger partial charge in [0.1, 0.15) is 11.9 Å². The third-order valence-corrected chi connectivity index (χ3v) is 5.47. The quantitative estimate of drug-likeness (QED) is 0.837. The molecule has 2 aliphatic heterocycles. The summed E-state index contributed by atoms with van der Waals surface area (Å²) in [6.45, 7) is 1.75. The minimum Gasteiger partial charge on any atom is -0.497 e. The first kappa shape index (κ1) is 18.4. The van der Waals surface area contributed by atoms with Gasteiger partial charge in [-0.3, -0.25) is 9.59 Å². The number of benzene rings is 1. The fourth-order valence-electron chi connectivity index (χ4n) is 3.71. The lowest BCUT2D eigenvalue weighted by Gasteiger charge is -2.30. The summed E-state index contributed by atoms with van der Waals surface area (Å²) < 4.78 is 12.9. The molecule has 2 aliphatic rings. The molecule has 1 fully saturated rings. The molecular weight excluding hydrogens is 362 g/mol. The molecule has 148 valence electrons. The lowest BCUT2D eigenvalue weighted by Crippen LogP contribution is -2.42. The fourth-order valence-corrected chi connectivity index (χ4v) is 3.71. The first-order chi connectivity index (χ1) is 13.6. The van der Waals surface area contributed by atoms with Gasteiger partial charge >= 0.3 is 0 Å². The first-order valence-electron chi connectivity index (χ1n) is 9.33. The highest BCUT2D eigenvalue weighted by molar-refractivity contribution is 5.93. The van der Waals surface area contributed by atoms with E-state index in [-0.39, 0.29) is 30.4 Å². The molecule has 1 saturated heterocycles. The van der Waals surface area contributed by atoms with Crippen LogP contribution in [0.4, 0.5) is 0 Å². The molecule has 2 amide bonds. The standard InChI is InChI=1S/C19H23N5O4/c1-27-14-4-2-12(3-5-14)16-10-24-15(11-28-16)17(21-22-24)19(26)23-8-6-13(7-9-23)18(20)25/h2-5,13,16H,6-11H2,1H3,(H2,20,25)/t16-/m1/s1. The number of carbonyl (C=O) groups excluding carboxylic acids is 2. The van der Waals surface area contributed by atoms with E-state index in [1.54, 1.807) is 16.7 Å². The third kappa shape index (κ3) is 3.45. The maximum absolute atomic E-state index is 12.9.